The molecule has 0 aliphatic heterocycles. The van der Waals surface area contributed by atoms with Crippen molar-refractivity contribution in [3.8, 4) is 0 Å². The summed E-state index contributed by atoms with van der Waals surface area (Å²) < 4.78 is 0. The van der Waals surface area contributed by atoms with Gasteiger partial charge in [-0.3, -0.25) is 4.79 Å². The molecule has 0 aromatic carbocycles. The Morgan fingerprint density at radius 1 is 1.22 bits per heavy atom. The van der Waals surface area contributed by atoms with Crippen molar-refractivity contribution in [3.63, 3.8) is 0 Å². The van der Waals surface area contributed by atoms with Gasteiger partial charge in [0, 0.05) is 19.1 Å². The minimum absolute atomic E-state index is 0.190. The molecule has 1 amide bonds. The first-order valence-corrected chi connectivity index (χ1v) is 7.66. The highest BCUT2D eigenvalue weighted by Crippen LogP contribution is 2.49. The maximum absolute atomic E-state index is 12.1. The van der Waals surface area contributed by atoms with E-state index in [1.807, 2.05) is 0 Å². The smallest absolute Gasteiger partial charge is 0.220 e. The Balaban J connectivity index is 1.46. The van der Waals surface area contributed by atoms with Gasteiger partial charge in [-0.25, -0.2) is 0 Å². The second kappa shape index (κ2) is 5.20. The number of aliphatic hydroxyl groups is 1. The molecule has 0 radical (unpaired) electrons. The van der Waals surface area contributed by atoms with E-state index in [2.05, 4.69) is 5.32 Å². The minimum atomic E-state index is 0.190. The Bertz CT molecular complexity index is 308. The molecule has 0 saturated heterocycles. The molecule has 0 aromatic rings. The summed E-state index contributed by atoms with van der Waals surface area (Å²) in [6, 6.07) is 0.237. The van der Waals surface area contributed by atoms with E-state index < -0.39 is 0 Å². The van der Waals surface area contributed by atoms with Gasteiger partial charge in [0.1, 0.15) is 0 Å². The summed E-state index contributed by atoms with van der Waals surface area (Å²) in [5.74, 6) is 3.28. The second-order valence-electron chi connectivity index (χ2n) is 6.66. The van der Waals surface area contributed by atoms with Crippen molar-refractivity contribution < 1.29 is 9.90 Å². The number of aliphatic hydroxyl groups excluding tert-OH is 1. The van der Waals surface area contributed by atoms with Crippen molar-refractivity contribution in [3.05, 3.63) is 0 Å². The molecule has 3 saturated carbocycles. The van der Waals surface area contributed by atoms with Gasteiger partial charge >= 0.3 is 0 Å². The van der Waals surface area contributed by atoms with Gasteiger partial charge in [-0.05, 0) is 62.2 Å². The third-order valence-corrected chi connectivity index (χ3v) is 5.31. The number of rotatable bonds is 6. The first kappa shape index (κ1) is 12.5. The monoisotopic (exact) mass is 251 g/mol. The number of hydrogen-bond acceptors (Lipinski definition) is 2. The van der Waals surface area contributed by atoms with Crippen molar-refractivity contribution in [1.82, 2.24) is 5.32 Å². The normalized spacial score (nSPS) is 35.7. The molecule has 3 heteroatoms. The molecular formula is C15H25NO2. The topological polar surface area (TPSA) is 49.3 Å². The summed E-state index contributed by atoms with van der Waals surface area (Å²) in [7, 11) is 0. The summed E-state index contributed by atoms with van der Waals surface area (Å²) in [6.45, 7) is 0.190. The van der Waals surface area contributed by atoms with Crippen LogP contribution in [-0.4, -0.2) is 23.7 Å². The minimum Gasteiger partial charge on any atom is -0.396 e. The maximum Gasteiger partial charge on any atom is 0.220 e. The lowest BCUT2D eigenvalue weighted by Crippen LogP contribution is -2.38. The van der Waals surface area contributed by atoms with Crippen LogP contribution >= 0.6 is 0 Å². The van der Waals surface area contributed by atoms with Crippen molar-refractivity contribution in [2.24, 2.45) is 23.7 Å². The van der Waals surface area contributed by atoms with Gasteiger partial charge in [0.25, 0.3) is 0 Å². The van der Waals surface area contributed by atoms with Crippen molar-refractivity contribution >= 4 is 5.91 Å². The van der Waals surface area contributed by atoms with Crippen molar-refractivity contribution in [2.45, 2.75) is 57.4 Å². The van der Waals surface area contributed by atoms with E-state index in [1.54, 1.807) is 0 Å². The zero-order valence-corrected chi connectivity index (χ0v) is 11.1. The predicted octanol–water partition coefficient (Wildman–Crippen LogP) is 2.09. The van der Waals surface area contributed by atoms with Crippen molar-refractivity contribution in [2.75, 3.05) is 6.61 Å². The standard InChI is InChI=1S/C15H25NO2/c17-6-5-14(11-3-4-11)16-15(18)9-13-8-10-1-2-12(13)7-10/h10-14,17H,1-9H2,(H,16,18). The molecule has 3 nitrogen and oxygen atoms in total. The second-order valence-corrected chi connectivity index (χ2v) is 6.66. The average molecular weight is 251 g/mol. The van der Waals surface area contributed by atoms with E-state index in [0.717, 1.165) is 24.7 Å². The summed E-state index contributed by atoms with van der Waals surface area (Å²) in [5.41, 5.74) is 0. The van der Waals surface area contributed by atoms with Crippen LogP contribution in [0.5, 0.6) is 0 Å². The summed E-state index contributed by atoms with van der Waals surface area (Å²) in [5, 5.41) is 12.2. The van der Waals surface area contributed by atoms with Gasteiger partial charge in [-0.15, -0.1) is 0 Å². The molecule has 0 heterocycles. The van der Waals surface area contributed by atoms with Crippen LogP contribution in [0, 0.1) is 23.7 Å². The van der Waals surface area contributed by atoms with Crippen LogP contribution in [0.1, 0.15) is 51.4 Å². The van der Waals surface area contributed by atoms with Crippen LogP contribution in [0.15, 0.2) is 0 Å². The zero-order chi connectivity index (χ0) is 12.5. The van der Waals surface area contributed by atoms with Gasteiger partial charge in [-0.1, -0.05) is 6.42 Å². The van der Waals surface area contributed by atoms with E-state index >= 15 is 0 Å². The Kier molecular flexibility index (Phi) is 3.60. The van der Waals surface area contributed by atoms with E-state index in [-0.39, 0.29) is 18.6 Å². The molecule has 0 aromatic heterocycles. The average Bonchev–Trinajstić information content (AvgIpc) is 2.99. The summed E-state index contributed by atoms with van der Waals surface area (Å²) >= 11 is 0. The van der Waals surface area contributed by atoms with Gasteiger partial charge < -0.3 is 10.4 Å². The van der Waals surface area contributed by atoms with E-state index in [9.17, 15) is 4.79 Å². The fourth-order valence-corrected chi connectivity index (χ4v) is 4.19. The molecule has 0 spiro atoms. The number of amides is 1. The number of nitrogens with one attached hydrogen (secondary N) is 1. The lowest BCUT2D eigenvalue weighted by Gasteiger charge is -2.23. The van der Waals surface area contributed by atoms with Crippen LogP contribution in [0.3, 0.4) is 0 Å². The molecule has 3 rings (SSSR count). The van der Waals surface area contributed by atoms with E-state index in [4.69, 9.17) is 5.11 Å². The number of fused-ring (bicyclic) bond motifs is 2. The lowest BCUT2D eigenvalue weighted by atomic mass is 9.86. The fraction of sp³-hybridized carbons (Fsp3) is 0.933. The van der Waals surface area contributed by atoms with Gasteiger partial charge in [0.05, 0.1) is 0 Å². The SMILES string of the molecule is O=C(CC1CC2CCC1C2)NC(CCO)C1CC1. The molecule has 4 atom stereocenters. The lowest BCUT2D eigenvalue weighted by molar-refractivity contribution is -0.123. The summed E-state index contributed by atoms with van der Waals surface area (Å²) in [4.78, 5) is 12.1. The molecule has 102 valence electrons. The fourth-order valence-electron chi connectivity index (χ4n) is 4.19. The summed E-state index contributed by atoms with van der Waals surface area (Å²) in [6.07, 6.45) is 9.32. The van der Waals surface area contributed by atoms with Crippen LogP contribution < -0.4 is 5.32 Å². The van der Waals surface area contributed by atoms with Crippen LogP contribution in [0.25, 0.3) is 0 Å². The van der Waals surface area contributed by atoms with E-state index in [1.165, 1.54) is 38.5 Å². The van der Waals surface area contributed by atoms with Crippen LogP contribution in [0.2, 0.25) is 0 Å². The molecule has 18 heavy (non-hydrogen) atoms. The van der Waals surface area contributed by atoms with Crippen LogP contribution in [0.4, 0.5) is 0 Å². The highest BCUT2D eigenvalue weighted by atomic mass is 16.3. The number of carbonyl (C=O) groups excluding carboxylic acids is 1. The molecule has 2 N–H and O–H groups in total. The first-order valence-electron chi connectivity index (χ1n) is 7.66. The van der Waals surface area contributed by atoms with Crippen molar-refractivity contribution in [1.29, 1.82) is 0 Å². The third-order valence-electron chi connectivity index (χ3n) is 5.31. The maximum atomic E-state index is 12.1. The predicted molar refractivity (Wildman–Crippen MR) is 69.9 cm³/mol. The van der Waals surface area contributed by atoms with E-state index in [0.29, 0.717) is 11.8 Å². The highest BCUT2D eigenvalue weighted by molar-refractivity contribution is 5.76. The highest BCUT2D eigenvalue weighted by Gasteiger charge is 2.40. The first-order chi connectivity index (χ1) is 8.76. The molecule has 3 aliphatic rings. The molecule has 3 fully saturated rings. The zero-order valence-electron chi connectivity index (χ0n) is 11.1. The largest absolute Gasteiger partial charge is 0.396 e. The number of hydrogen-bond donors (Lipinski definition) is 2. The van der Waals surface area contributed by atoms with Gasteiger partial charge in [-0.2, -0.15) is 0 Å². The quantitative estimate of drug-likeness (QED) is 0.759. The Morgan fingerprint density at radius 2 is 2.06 bits per heavy atom. The van der Waals surface area contributed by atoms with Crippen LogP contribution in [-0.2, 0) is 4.79 Å². The Labute approximate surface area is 109 Å². The molecule has 4 unspecified atom stereocenters. The van der Waals surface area contributed by atoms with Gasteiger partial charge in [0.2, 0.25) is 5.91 Å². The molecular weight excluding hydrogens is 226 g/mol. The molecule has 3 aliphatic carbocycles. The Hall–Kier alpha value is -0.570. The third kappa shape index (κ3) is 2.71. The number of carbonyl (C=O) groups is 1. The Morgan fingerprint density at radius 3 is 2.61 bits per heavy atom. The van der Waals surface area contributed by atoms with Gasteiger partial charge in [0.15, 0.2) is 0 Å². The molecule has 2 bridgehead atoms.